The number of alkyl halides is 3. The standard InChI is InChI=1S/C24H28F4N6O3/c1-32-10-12-33(13-11-32)16-5-8-34(9-6-16)23(36)31-21-15-18(4-7-29-21)37-17-2-3-20(19(25)14-17)30-22(35)24(26,27)28/h2-4,7,14-16H,5-6,8-13H2,1H3,(H,30,35)(H,29,31,36). The van der Waals surface area contributed by atoms with Crippen molar-refractivity contribution >= 4 is 23.4 Å². The van der Waals surface area contributed by atoms with Gasteiger partial charge in [-0.2, -0.15) is 13.2 Å². The Hall–Kier alpha value is -3.45. The van der Waals surface area contributed by atoms with Crippen molar-refractivity contribution in [1.82, 2.24) is 19.7 Å². The number of aromatic nitrogens is 1. The zero-order chi connectivity index (χ0) is 26.6. The van der Waals surface area contributed by atoms with Gasteiger partial charge in [0.2, 0.25) is 0 Å². The van der Waals surface area contributed by atoms with Crippen LogP contribution in [0.2, 0.25) is 0 Å². The van der Waals surface area contributed by atoms with Crippen LogP contribution in [0.15, 0.2) is 36.5 Å². The van der Waals surface area contributed by atoms with Crippen LogP contribution < -0.4 is 15.4 Å². The number of piperazine rings is 1. The molecule has 9 nitrogen and oxygen atoms in total. The number of amides is 3. The number of hydrogen-bond donors (Lipinski definition) is 2. The first kappa shape index (κ1) is 26.6. The van der Waals surface area contributed by atoms with E-state index in [2.05, 4.69) is 27.1 Å². The predicted molar refractivity (Wildman–Crippen MR) is 128 cm³/mol. The Kier molecular flexibility index (Phi) is 8.13. The van der Waals surface area contributed by atoms with Gasteiger partial charge < -0.3 is 19.9 Å². The molecule has 0 aliphatic carbocycles. The first-order valence-corrected chi connectivity index (χ1v) is 11.9. The van der Waals surface area contributed by atoms with Crippen molar-refractivity contribution in [3.05, 3.63) is 42.3 Å². The molecular formula is C24H28F4N6O3. The van der Waals surface area contributed by atoms with Gasteiger partial charge in [0, 0.05) is 63.6 Å². The number of pyridine rings is 1. The maximum atomic E-state index is 14.2. The van der Waals surface area contributed by atoms with Crippen LogP contribution in [-0.2, 0) is 4.79 Å². The topological polar surface area (TPSA) is 90.0 Å². The first-order chi connectivity index (χ1) is 17.6. The quantitative estimate of drug-likeness (QED) is 0.579. The van der Waals surface area contributed by atoms with Crippen molar-refractivity contribution in [3.63, 3.8) is 0 Å². The predicted octanol–water partition coefficient (Wildman–Crippen LogP) is 3.76. The number of nitrogens with one attached hydrogen (secondary N) is 2. The van der Waals surface area contributed by atoms with Crippen LogP contribution in [-0.4, -0.2) is 90.2 Å². The number of rotatable bonds is 5. The fraction of sp³-hybridized carbons (Fsp3) is 0.458. The van der Waals surface area contributed by atoms with Crippen molar-refractivity contribution in [3.8, 4) is 11.5 Å². The van der Waals surface area contributed by atoms with Crippen LogP contribution in [0.25, 0.3) is 0 Å². The Morgan fingerprint density at radius 2 is 1.65 bits per heavy atom. The fourth-order valence-corrected chi connectivity index (χ4v) is 4.34. The average molecular weight is 525 g/mol. The maximum Gasteiger partial charge on any atom is 0.471 e. The van der Waals surface area contributed by atoms with E-state index in [1.165, 1.54) is 29.7 Å². The number of hydrogen-bond acceptors (Lipinski definition) is 6. The highest BCUT2D eigenvalue weighted by molar-refractivity contribution is 5.95. The van der Waals surface area contributed by atoms with Crippen LogP contribution in [0.1, 0.15) is 12.8 Å². The molecule has 13 heteroatoms. The van der Waals surface area contributed by atoms with E-state index in [9.17, 15) is 27.2 Å². The smallest absolute Gasteiger partial charge is 0.457 e. The minimum absolute atomic E-state index is 0.0167. The third-order valence-electron chi connectivity index (χ3n) is 6.45. The summed E-state index contributed by atoms with van der Waals surface area (Å²) in [6, 6.07) is 6.14. The van der Waals surface area contributed by atoms with Crippen LogP contribution in [0.5, 0.6) is 11.5 Å². The fourth-order valence-electron chi connectivity index (χ4n) is 4.34. The monoisotopic (exact) mass is 524 g/mol. The molecule has 0 spiro atoms. The summed E-state index contributed by atoms with van der Waals surface area (Å²) in [7, 11) is 2.12. The SMILES string of the molecule is CN1CCN(C2CCN(C(=O)Nc3cc(Oc4ccc(NC(=O)C(F)(F)F)c(F)c4)ccn3)CC2)CC1. The molecule has 1 aromatic heterocycles. The summed E-state index contributed by atoms with van der Waals surface area (Å²) < 4.78 is 56.9. The van der Waals surface area contributed by atoms with Crippen LogP contribution in [0.3, 0.4) is 0 Å². The van der Waals surface area contributed by atoms with Gasteiger partial charge in [-0.1, -0.05) is 0 Å². The van der Waals surface area contributed by atoms with E-state index in [1.807, 2.05) is 0 Å². The van der Waals surface area contributed by atoms with Gasteiger partial charge in [0.25, 0.3) is 0 Å². The summed E-state index contributed by atoms with van der Waals surface area (Å²) in [5.74, 6) is -2.93. The second-order valence-corrected chi connectivity index (χ2v) is 9.06. The number of nitrogens with zero attached hydrogens (tertiary/aromatic N) is 4. The largest absolute Gasteiger partial charge is 0.471 e. The molecule has 0 unspecified atom stereocenters. The average Bonchev–Trinajstić information content (AvgIpc) is 2.86. The van der Waals surface area contributed by atoms with E-state index in [1.54, 1.807) is 4.90 Å². The summed E-state index contributed by atoms with van der Waals surface area (Å²) in [5.41, 5.74) is -0.631. The molecule has 2 aliphatic rings. The summed E-state index contributed by atoms with van der Waals surface area (Å²) >= 11 is 0. The van der Waals surface area contributed by atoms with Crippen LogP contribution >= 0.6 is 0 Å². The van der Waals surface area contributed by atoms with Gasteiger partial charge in [0.1, 0.15) is 23.1 Å². The molecule has 200 valence electrons. The molecule has 2 saturated heterocycles. The van der Waals surface area contributed by atoms with Crippen molar-refractivity contribution in [2.75, 3.05) is 56.9 Å². The van der Waals surface area contributed by atoms with Gasteiger partial charge in [0.05, 0.1) is 5.69 Å². The van der Waals surface area contributed by atoms with Crippen molar-refractivity contribution < 1.29 is 31.9 Å². The van der Waals surface area contributed by atoms with Gasteiger partial charge in [-0.25, -0.2) is 14.2 Å². The van der Waals surface area contributed by atoms with Gasteiger partial charge in [-0.15, -0.1) is 0 Å². The highest BCUT2D eigenvalue weighted by atomic mass is 19.4. The number of ether oxygens (including phenoxy) is 1. The Morgan fingerprint density at radius 1 is 0.973 bits per heavy atom. The molecule has 0 bridgehead atoms. The number of benzene rings is 1. The van der Waals surface area contributed by atoms with Gasteiger partial charge in [-0.3, -0.25) is 15.0 Å². The van der Waals surface area contributed by atoms with Gasteiger partial charge >= 0.3 is 18.1 Å². The normalized spacial score (nSPS) is 17.9. The number of likely N-dealkylation sites (tertiary alicyclic amines) is 1. The van der Waals surface area contributed by atoms with E-state index in [0.29, 0.717) is 19.1 Å². The Morgan fingerprint density at radius 3 is 2.30 bits per heavy atom. The van der Waals surface area contributed by atoms with Crippen LogP contribution in [0, 0.1) is 5.82 Å². The number of anilines is 2. The Labute approximate surface area is 211 Å². The molecule has 2 fully saturated rings. The van der Waals surface area contributed by atoms with Crippen LogP contribution in [0.4, 0.5) is 33.9 Å². The summed E-state index contributed by atoms with van der Waals surface area (Å²) in [4.78, 5) is 34.4. The highest BCUT2D eigenvalue weighted by Gasteiger charge is 2.39. The zero-order valence-electron chi connectivity index (χ0n) is 20.2. The molecular weight excluding hydrogens is 496 g/mol. The van der Waals surface area contributed by atoms with E-state index in [-0.39, 0.29) is 23.3 Å². The molecule has 3 heterocycles. The minimum Gasteiger partial charge on any atom is -0.457 e. The molecule has 3 amide bonds. The van der Waals surface area contributed by atoms with E-state index < -0.39 is 23.6 Å². The third-order valence-corrected chi connectivity index (χ3v) is 6.45. The Bertz CT molecular complexity index is 1120. The van der Waals surface area contributed by atoms with E-state index in [4.69, 9.17) is 4.74 Å². The molecule has 0 saturated carbocycles. The number of carbonyl (C=O) groups is 2. The molecule has 2 aliphatic heterocycles. The van der Waals surface area contributed by atoms with E-state index in [0.717, 1.165) is 51.2 Å². The number of urea groups is 1. The molecule has 2 N–H and O–H groups in total. The van der Waals surface area contributed by atoms with Crippen molar-refractivity contribution in [2.45, 2.75) is 25.1 Å². The van der Waals surface area contributed by atoms with Crippen molar-refractivity contribution in [2.24, 2.45) is 0 Å². The molecule has 2 aromatic rings. The van der Waals surface area contributed by atoms with Gasteiger partial charge in [-0.05, 0) is 38.1 Å². The van der Waals surface area contributed by atoms with Gasteiger partial charge in [0.15, 0.2) is 0 Å². The zero-order valence-corrected chi connectivity index (χ0v) is 20.2. The molecule has 0 radical (unpaired) electrons. The number of piperidine rings is 1. The third kappa shape index (κ3) is 7.07. The van der Waals surface area contributed by atoms with E-state index >= 15 is 0 Å². The lowest BCUT2D eigenvalue weighted by atomic mass is 10.0. The summed E-state index contributed by atoms with van der Waals surface area (Å²) in [5, 5.41) is 4.21. The summed E-state index contributed by atoms with van der Waals surface area (Å²) in [6.45, 7) is 5.45. The minimum atomic E-state index is -5.14. The molecule has 37 heavy (non-hydrogen) atoms. The number of carbonyl (C=O) groups excluding carboxylic acids is 2. The summed E-state index contributed by atoms with van der Waals surface area (Å²) in [6.07, 6.45) is -1.93. The number of likely N-dealkylation sites (N-methyl/N-ethyl adjacent to an activating group) is 1. The first-order valence-electron chi connectivity index (χ1n) is 11.9. The lowest BCUT2D eigenvalue weighted by Gasteiger charge is -2.42. The second-order valence-electron chi connectivity index (χ2n) is 9.06. The lowest BCUT2D eigenvalue weighted by molar-refractivity contribution is -0.167. The highest BCUT2D eigenvalue weighted by Crippen LogP contribution is 2.28. The number of halogens is 4. The Balaban J connectivity index is 1.30. The molecule has 0 atom stereocenters. The molecule has 1 aromatic carbocycles. The maximum absolute atomic E-state index is 14.2. The second kappa shape index (κ2) is 11.3. The van der Waals surface area contributed by atoms with Crippen molar-refractivity contribution in [1.29, 1.82) is 0 Å². The lowest BCUT2D eigenvalue weighted by Crippen LogP contribution is -2.53. The molecule has 4 rings (SSSR count).